The second-order valence-electron chi connectivity index (χ2n) is 8.74. The molecule has 13 heteroatoms. The van der Waals surface area contributed by atoms with E-state index in [1.54, 1.807) is 11.8 Å². The molecule has 1 saturated heterocycles. The highest BCUT2D eigenvalue weighted by Crippen LogP contribution is 2.45. The van der Waals surface area contributed by atoms with Crippen molar-refractivity contribution in [3.8, 4) is 0 Å². The summed E-state index contributed by atoms with van der Waals surface area (Å²) in [7, 11) is 1.95. The standard InChI is InChI=1S/C24H23N3O6S4/c1-12(2)8-13(9-16-25(3)14-6-4-5-7-15(14)35-16)19-21(32)26(10-17(28)29)23(36-19)20-22(33)27(11-18(30)31)24(34)37-20/h4-7,9,12H,8,10-11H2,1-3H3,(H,28,29)(H,30,31). The lowest BCUT2D eigenvalue weighted by molar-refractivity contribution is -0.140. The Bertz CT molecular complexity index is 1540. The van der Waals surface area contributed by atoms with E-state index in [2.05, 4.69) is 0 Å². The second-order valence-corrected chi connectivity index (χ2v) is 12.4. The molecule has 2 aliphatic heterocycles. The van der Waals surface area contributed by atoms with Gasteiger partial charge in [0.2, 0.25) is 0 Å². The number of rotatable bonds is 7. The van der Waals surface area contributed by atoms with Crippen LogP contribution in [0.4, 0.5) is 5.69 Å². The van der Waals surface area contributed by atoms with E-state index < -0.39 is 36.5 Å². The zero-order valence-electron chi connectivity index (χ0n) is 20.1. The minimum absolute atomic E-state index is 0.0434. The largest absolute Gasteiger partial charge is 0.480 e. The maximum Gasteiger partial charge on any atom is 0.323 e. The Labute approximate surface area is 229 Å². The molecular formula is C24H23N3O6S4. The molecule has 1 amide bonds. The topological polar surface area (TPSA) is 120 Å². The SMILES string of the molecule is CC(C)CC(C=C1Sc2ccccc2N1C)=c1sc(=C2SC(=S)N(CC(=O)O)C2=O)n(CC(=O)O)c1=O. The molecule has 1 aromatic heterocycles. The summed E-state index contributed by atoms with van der Waals surface area (Å²) in [5.41, 5.74) is 1.27. The van der Waals surface area contributed by atoms with Crippen molar-refractivity contribution in [1.82, 2.24) is 9.47 Å². The number of carbonyl (C=O) groups is 3. The molecule has 9 nitrogen and oxygen atoms in total. The number of benzene rings is 1. The van der Waals surface area contributed by atoms with Crippen LogP contribution in [0.2, 0.25) is 0 Å². The van der Waals surface area contributed by atoms with E-state index in [0.717, 1.165) is 53.8 Å². The number of aromatic nitrogens is 1. The smallest absolute Gasteiger partial charge is 0.323 e. The van der Waals surface area contributed by atoms with E-state index in [0.29, 0.717) is 11.0 Å². The van der Waals surface area contributed by atoms with E-state index in [9.17, 15) is 24.3 Å². The molecule has 0 atom stereocenters. The molecule has 2 aliphatic rings. The Morgan fingerprint density at radius 2 is 1.76 bits per heavy atom. The fraction of sp³-hybridized carbons (Fsp3) is 0.292. The zero-order chi connectivity index (χ0) is 27.0. The first-order chi connectivity index (χ1) is 17.5. The quantitative estimate of drug-likeness (QED) is 0.475. The predicted molar refractivity (Wildman–Crippen MR) is 150 cm³/mol. The van der Waals surface area contributed by atoms with Crippen LogP contribution in [0.1, 0.15) is 20.3 Å². The average molecular weight is 578 g/mol. The Hall–Kier alpha value is -2.87. The van der Waals surface area contributed by atoms with Crippen molar-refractivity contribution in [2.24, 2.45) is 5.92 Å². The summed E-state index contributed by atoms with van der Waals surface area (Å²) >= 11 is 8.68. The molecular weight excluding hydrogens is 555 g/mol. The first-order valence-electron chi connectivity index (χ1n) is 11.1. The summed E-state index contributed by atoms with van der Waals surface area (Å²) in [4.78, 5) is 53.6. The van der Waals surface area contributed by atoms with Crippen LogP contribution in [0.3, 0.4) is 0 Å². The molecule has 0 spiro atoms. The van der Waals surface area contributed by atoms with Gasteiger partial charge in [-0.25, -0.2) is 0 Å². The maximum absolute atomic E-state index is 13.6. The van der Waals surface area contributed by atoms with Crippen LogP contribution >= 0.6 is 47.1 Å². The number of thiocarbonyl (C=S) groups is 1. The van der Waals surface area contributed by atoms with Gasteiger partial charge >= 0.3 is 11.9 Å². The fourth-order valence-corrected chi connectivity index (χ4v) is 7.61. The van der Waals surface area contributed by atoms with Gasteiger partial charge in [0.25, 0.3) is 11.5 Å². The van der Waals surface area contributed by atoms with Gasteiger partial charge in [0.05, 0.1) is 15.2 Å². The summed E-state index contributed by atoms with van der Waals surface area (Å²) in [5, 5.41) is 19.6. The molecule has 1 fully saturated rings. The van der Waals surface area contributed by atoms with Crippen molar-refractivity contribution in [1.29, 1.82) is 0 Å². The number of thiazole rings is 1. The summed E-state index contributed by atoms with van der Waals surface area (Å²) < 4.78 is 1.60. The number of fused-ring (bicyclic) bond motifs is 1. The molecule has 3 heterocycles. The highest BCUT2D eigenvalue weighted by atomic mass is 32.2. The van der Waals surface area contributed by atoms with Crippen LogP contribution in [-0.4, -0.2) is 55.4 Å². The third-order valence-electron chi connectivity index (χ3n) is 5.50. The molecule has 2 aromatic rings. The summed E-state index contributed by atoms with van der Waals surface area (Å²) in [6.45, 7) is 2.79. The van der Waals surface area contributed by atoms with Crippen molar-refractivity contribution >= 4 is 85.4 Å². The minimum Gasteiger partial charge on any atom is -0.480 e. The molecule has 0 unspecified atom stereocenters. The van der Waals surface area contributed by atoms with E-state index in [4.69, 9.17) is 17.3 Å². The maximum atomic E-state index is 13.6. The van der Waals surface area contributed by atoms with Gasteiger partial charge in [-0.2, -0.15) is 0 Å². The van der Waals surface area contributed by atoms with Gasteiger partial charge in [-0.1, -0.05) is 61.7 Å². The lowest BCUT2D eigenvalue weighted by Gasteiger charge is -2.14. The number of carboxylic acids is 2. The Balaban J connectivity index is 1.96. The van der Waals surface area contributed by atoms with E-state index in [1.807, 2.05) is 56.1 Å². The number of para-hydroxylation sites is 1. The summed E-state index contributed by atoms with van der Waals surface area (Å²) in [5.74, 6) is -2.93. The Morgan fingerprint density at radius 3 is 2.38 bits per heavy atom. The van der Waals surface area contributed by atoms with Crippen LogP contribution in [0.15, 0.2) is 45.1 Å². The normalized spacial score (nSPS) is 18.8. The molecule has 37 heavy (non-hydrogen) atoms. The number of thioether (sulfide) groups is 2. The van der Waals surface area contributed by atoms with Gasteiger partial charge in [0.1, 0.15) is 27.0 Å². The van der Waals surface area contributed by atoms with E-state index in [-0.39, 0.29) is 19.8 Å². The van der Waals surface area contributed by atoms with Crippen LogP contribution in [-0.2, 0) is 20.9 Å². The van der Waals surface area contributed by atoms with Crippen molar-refractivity contribution in [2.45, 2.75) is 31.7 Å². The van der Waals surface area contributed by atoms with Crippen molar-refractivity contribution in [2.75, 3.05) is 18.5 Å². The van der Waals surface area contributed by atoms with Crippen LogP contribution < -0.4 is 19.7 Å². The molecule has 0 bridgehead atoms. The predicted octanol–water partition coefficient (Wildman–Crippen LogP) is 2.33. The molecule has 0 radical (unpaired) electrons. The first kappa shape index (κ1) is 27.2. The lowest BCUT2D eigenvalue weighted by Crippen LogP contribution is -2.37. The van der Waals surface area contributed by atoms with Gasteiger partial charge < -0.3 is 15.1 Å². The van der Waals surface area contributed by atoms with Crippen molar-refractivity contribution in [3.05, 3.63) is 54.9 Å². The molecule has 2 N–H and O–H groups in total. The number of anilines is 1. The molecule has 4 rings (SSSR count). The highest BCUT2D eigenvalue weighted by molar-refractivity contribution is 8.30. The molecule has 194 valence electrons. The zero-order valence-corrected chi connectivity index (χ0v) is 23.4. The Kier molecular flexibility index (Phi) is 7.97. The number of carbonyl (C=O) groups excluding carboxylic acids is 1. The number of nitrogens with zero attached hydrogens (tertiary/aromatic N) is 3. The van der Waals surface area contributed by atoms with Gasteiger partial charge in [0.15, 0.2) is 0 Å². The summed E-state index contributed by atoms with van der Waals surface area (Å²) in [6.07, 6.45) is 2.50. The highest BCUT2D eigenvalue weighted by Gasteiger charge is 2.35. The third-order valence-corrected chi connectivity index (χ3v) is 9.49. The van der Waals surface area contributed by atoms with Gasteiger partial charge in [-0.15, -0.1) is 11.3 Å². The van der Waals surface area contributed by atoms with Crippen LogP contribution in [0.25, 0.3) is 10.5 Å². The lowest BCUT2D eigenvalue weighted by atomic mass is 10.0. The fourth-order valence-electron chi connectivity index (χ4n) is 3.91. The summed E-state index contributed by atoms with van der Waals surface area (Å²) in [6, 6.07) is 7.95. The number of aliphatic carboxylic acids is 2. The van der Waals surface area contributed by atoms with Gasteiger partial charge in [-0.3, -0.25) is 28.6 Å². The van der Waals surface area contributed by atoms with Gasteiger partial charge in [0, 0.05) is 11.9 Å². The van der Waals surface area contributed by atoms with Crippen LogP contribution in [0.5, 0.6) is 0 Å². The van der Waals surface area contributed by atoms with Crippen LogP contribution in [0, 0.1) is 5.92 Å². The molecule has 0 aliphatic carbocycles. The van der Waals surface area contributed by atoms with E-state index >= 15 is 0 Å². The van der Waals surface area contributed by atoms with Crippen molar-refractivity contribution < 1.29 is 24.6 Å². The number of hydrogen-bond acceptors (Lipinski definition) is 9. The van der Waals surface area contributed by atoms with E-state index in [1.165, 1.54) is 0 Å². The monoisotopic (exact) mass is 577 g/mol. The van der Waals surface area contributed by atoms with Crippen molar-refractivity contribution in [3.63, 3.8) is 0 Å². The second kappa shape index (κ2) is 10.9. The average Bonchev–Trinajstić information content (AvgIpc) is 3.40. The first-order valence-corrected chi connectivity index (χ1v) is 14.0. The minimum atomic E-state index is -1.24. The number of amides is 1. The third kappa shape index (κ3) is 5.54. The molecule has 0 saturated carbocycles. The number of allylic oxidation sites excluding steroid dienone is 1. The Morgan fingerprint density at radius 1 is 1.08 bits per heavy atom. The molecule has 1 aromatic carbocycles. The van der Waals surface area contributed by atoms with Gasteiger partial charge in [-0.05, 0) is 36.1 Å². The number of hydrogen-bond donors (Lipinski definition) is 2. The number of carboxylic acid groups (broad SMARTS) is 2.